The molecule has 0 fully saturated rings. The lowest BCUT2D eigenvalue weighted by Crippen LogP contribution is -2.30. The summed E-state index contributed by atoms with van der Waals surface area (Å²) >= 11 is 0. The molecule has 27 heavy (non-hydrogen) atoms. The zero-order valence-electron chi connectivity index (χ0n) is 15.6. The highest BCUT2D eigenvalue weighted by Gasteiger charge is 2.12. The van der Waals surface area contributed by atoms with Crippen LogP contribution in [0.1, 0.15) is 35.3 Å². The van der Waals surface area contributed by atoms with Crippen LogP contribution in [0.15, 0.2) is 54.7 Å². The van der Waals surface area contributed by atoms with Gasteiger partial charge in [-0.2, -0.15) is 5.26 Å². The molecule has 5 heteroatoms. The summed E-state index contributed by atoms with van der Waals surface area (Å²) in [5.41, 5.74) is 3.87. The van der Waals surface area contributed by atoms with Crippen molar-refractivity contribution in [2.75, 3.05) is 18.4 Å². The molecule has 1 amide bonds. The number of rotatable bonds is 6. The van der Waals surface area contributed by atoms with Crippen LogP contribution in [0.3, 0.4) is 0 Å². The Kier molecular flexibility index (Phi) is 5.68. The van der Waals surface area contributed by atoms with E-state index in [1.54, 1.807) is 11.1 Å². The Balaban J connectivity index is 1.79. The molecule has 0 atom stereocenters. The van der Waals surface area contributed by atoms with E-state index in [0.717, 1.165) is 22.2 Å². The van der Waals surface area contributed by atoms with E-state index in [0.29, 0.717) is 30.8 Å². The summed E-state index contributed by atoms with van der Waals surface area (Å²) in [6.45, 7) is 5.91. The Bertz CT molecular complexity index is 985. The second-order valence-electron chi connectivity index (χ2n) is 6.20. The number of anilines is 1. The first-order valence-corrected chi connectivity index (χ1v) is 9.07. The lowest BCUT2D eigenvalue weighted by Gasteiger charge is -2.18. The summed E-state index contributed by atoms with van der Waals surface area (Å²) < 4.78 is 0. The van der Waals surface area contributed by atoms with Crippen molar-refractivity contribution in [1.82, 2.24) is 9.88 Å². The van der Waals surface area contributed by atoms with E-state index in [9.17, 15) is 10.1 Å². The Morgan fingerprint density at radius 3 is 2.48 bits per heavy atom. The van der Waals surface area contributed by atoms with E-state index in [1.165, 1.54) is 0 Å². The van der Waals surface area contributed by atoms with Gasteiger partial charge in [0.25, 0.3) is 5.91 Å². The second-order valence-corrected chi connectivity index (χ2v) is 6.20. The predicted molar refractivity (Wildman–Crippen MR) is 107 cm³/mol. The zero-order valence-corrected chi connectivity index (χ0v) is 15.6. The van der Waals surface area contributed by atoms with Crippen LogP contribution < -0.4 is 5.32 Å². The highest BCUT2D eigenvalue weighted by molar-refractivity contribution is 5.95. The molecule has 2 aromatic carbocycles. The maximum Gasteiger partial charge on any atom is 0.253 e. The summed E-state index contributed by atoms with van der Waals surface area (Å²) in [6, 6.07) is 17.5. The quantitative estimate of drug-likeness (QED) is 0.717. The fourth-order valence-electron chi connectivity index (χ4n) is 3.07. The van der Waals surface area contributed by atoms with E-state index >= 15 is 0 Å². The highest BCUT2D eigenvalue weighted by atomic mass is 16.2. The smallest absolute Gasteiger partial charge is 0.253 e. The van der Waals surface area contributed by atoms with Crippen LogP contribution in [0.2, 0.25) is 0 Å². The molecule has 3 rings (SSSR count). The van der Waals surface area contributed by atoms with Crippen molar-refractivity contribution < 1.29 is 4.79 Å². The summed E-state index contributed by atoms with van der Waals surface area (Å²) in [7, 11) is 0. The fourth-order valence-corrected chi connectivity index (χ4v) is 3.07. The minimum atomic E-state index is 0.0476. The van der Waals surface area contributed by atoms with Crippen LogP contribution in [0.5, 0.6) is 0 Å². The number of amides is 1. The first-order valence-electron chi connectivity index (χ1n) is 9.07. The SMILES string of the molecule is CCN(CC)C(=O)c1ccc(CNc2c(C#N)cnc3ccccc23)cc1. The maximum atomic E-state index is 12.4. The van der Waals surface area contributed by atoms with Gasteiger partial charge in [0.15, 0.2) is 0 Å². The van der Waals surface area contributed by atoms with Crippen LogP contribution in [-0.4, -0.2) is 28.9 Å². The number of fused-ring (bicyclic) bond motifs is 1. The normalized spacial score (nSPS) is 10.4. The molecule has 3 aromatic rings. The van der Waals surface area contributed by atoms with Crippen LogP contribution in [-0.2, 0) is 6.54 Å². The van der Waals surface area contributed by atoms with Gasteiger partial charge in [0.05, 0.1) is 16.8 Å². The van der Waals surface area contributed by atoms with Gasteiger partial charge in [-0.1, -0.05) is 30.3 Å². The van der Waals surface area contributed by atoms with Gasteiger partial charge in [-0.3, -0.25) is 9.78 Å². The number of para-hydroxylation sites is 1. The van der Waals surface area contributed by atoms with Crippen molar-refractivity contribution in [1.29, 1.82) is 5.26 Å². The first-order chi connectivity index (χ1) is 13.2. The third-order valence-corrected chi connectivity index (χ3v) is 4.62. The van der Waals surface area contributed by atoms with Gasteiger partial charge >= 0.3 is 0 Å². The summed E-state index contributed by atoms with van der Waals surface area (Å²) in [6.07, 6.45) is 1.59. The molecule has 1 N–H and O–H groups in total. The van der Waals surface area contributed by atoms with E-state index in [-0.39, 0.29) is 5.91 Å². The topological polar surface area (TPSA) is 69.0 Å². The number of hydrogen-bond acceptors (Lipinski definition) is 4. The molecule has 0 spiro atoms. The molecule has 0 aliphatic heterocycles. The molecule has 0 saturated carbocycles. The number of nitriles is 1. The molecule has 136 valence electrons. The van der Waals surface area contributed by atoms with Crippen LogP contribution in [0, 0.1) is 11.3 Å². The minimum Gasteiger partial charge on any atom is -0.379 e. The van der Waals surface area contributed by atoms with Gasteiger partial charge in [-0.15, -0.1) is 0 Å². The molecule has 5 nitrogen and oxygen atoms in total. The highest BCUT2D eigenvalue weighted by Crippen LogP contribution is 2.26. The van der Waals surface area contributed by atoms with Crippen molar-refractivity contribution in [3.63, 3.8) is 0 Å². The molecular weight excluding hydrogens is 336 g/mol. The first kappa shape index (κ1) is 18.4. The molecule has 0 aliphatic rings. The fraction of sp³-hybridized carbons (Fsp3) is 0.227. The van der Waals surface area contributed by atoms with E-state index in [2.05, 4.69) is 16.4 Å². The van der Waals surface area contributed by atoms with Crippen molar-refractivity contribution in [3.8, 4) is 6.07 Å². The monoisotopic (exact) mass is 358 g/mol. The number of carbonyl (C=O) groups excluding carboxylic acids is 1. The van der Waals surface area contributed by atoms with Crippen molar-refractivity contribution in [3.05, 3.63) is 71.4 Å². The van der Waals surface area contributed by atoms with E-state index in [1.807, 2.05) is 62.4 Å². The Morgan fingerprint density at radius 2 is 1.81 bits per heavy atom. The lowest BCUT2D eigenvalue weighted by atomic mass is 10.1. The summed E-state index contributed by atoms with van der Waals surface area (Å²) in [4.78, 5) is 18.5. The maximum absolute atomic E-state index is 12.4. The average Bonchev–Trinajstić information content (AvgIpc) is 2.73. The third kappa shape index (κ3) is 3.90. The molecule has 0 aliphatic carbocycles. The van der Waals surface area contributed by atoms with Crippen molar-refractivity contribution >= 4 is 22.5 Å². The number of aromatic nitrogens is 1. The van der Waals surface area contributed by atoms with E-state index < -0.39 is 0 Å². The number of pyridine rings is 1. The van der Waals surface area contributed by atoms with Crippen LogP contribution in [0.4, 0.5) is 5.69 Å². The van der Waals surface area contributed by atoms with Crippen LogP contribution >= 0.6 is 0 Å². The van der Waals surface area contributed by atoms with Gasteiger partial charge in [0, 0.05) is 36.8 Å². The molecule has 0 bridgehead atoms. The molecule has 1 heterocycles. The zero-order chi connectivity index (χ0) is 19.2. The Morgan fingerprint density at radius 1 is 1.11 bits per heavy atom. The van der Waals surface area contributed by atoms with Gasteiger partial charge < -0.3 is 10.2 Å². The number of hydrogen-bond donors (Lipinski definition) is 1. The second kappa shape index (κ2) is 8.33. The van der Waals surface area contributed by atoms with Gasteiger partial charge in [-0.05, 0) is 37.6 Å². The third-order valence-electron chi connectivity index (χ3n) is 4.62. The number of benzene rings is 2. The molecular formula is C22H22N4O. The summed E-state index contributed by atoms with van der Waals surface area (Å²) in [5, 5.41) is 13.7. The average molecular weight is 358 g/mol. The molecule has 1 aromatic heterocycles. The largest absolute Gasteiger partial charge is 0.379 e. The van der Waals surface area contributed by atoms with Gasteiger partial charge in [-0.25, -0.2) is 0 Å². The number of nitrogens with zero attached hydrogens (tertiary/aromatic N) is 3. The Hall–Kier alpha value is -3.39. The number of carbonyl (C=O) groups is 1. The van der Waals surface area contributed by atoms with Crippen molar-refractivity contribution in [2.24, 2.45) is 0 Å². The summed E-state index contributed by atoms with van der Waals surface area (Å²) in [5.74, 6) is 0.0476. The molecule has 0 radical (unpaired) electrons. The minimum absolute atomic E-state index is 0.0476. The Labute approximate surface area is 159 Å². The molecule has 0 saturated heterocycles. The van der Waals surface area contributed by atoms with E-state index in [4.69, 9.17) is 0 Å². The van der Waals surface area contributed by atoms with Gasteiger partial charge in [0.1, 0.15) is 6.07 Å². The predicted octanol–water partition coefficient (Wildman–Crippen LogP) is 4.20. The lowest BCUT2D eigenvalue weighted by molar-refractivity contribution is 0.0773. The van der Waals surface area contributed by atoms with Crippen LogP contribution in [0.25, 0.3) is 10.9 Å². The standard InChI is InChI=1S/C22H22N4O/c1-3-26(4-2)22(27)17-11-9-16(10-12-17)14-25-21-18(13-23)15-24-20-8-6-5-7-19(20)21/h5-12,15H,3-4,14H2,1-2H3,(H,24,25). The molecule has 0 unspecified atom stereocenters. The number of nitrogens with one attached hydrogen (secondary N) is 1. The van der Waals surface area contributed by atoms with Gasteiger partial charge in [0.2, 0.25) is 0 Å². The van der Waals surface area contributed by atoms with Crippen molar-refractivity contribution in [2.45, 2.75) is 20.4 Å².